The van der Waals surface area contributed by atoms with Crippen LogP contribution in [0.2, 0.25) is 0 Å². The first-order valence-electron chi connectivity index (χ1n) is 8.33. The first kappa shape index (κ1) is 18.8. The minimum absolute atomic E-state index is 0.0902. The molecule has 146 valence electrons. The van der Waals surface area contributed by atoms with Crippen LogP contribution in [0.3, 0.4) is 0 Å². The van der Waals surface area contributed by atoms with E-state index in [9.17, 15) is 22.8 Å². The molecule has 0 aromatic carbocycles. The molecule has 2 bridgehead atoms. The first-order valence-corrected chi connectivity index (χ1v) is 9.70. The third-order valence-corrected chi connectivity index (χ3v) is 5.13. The molecule has 3 saturated heterocycles. The number of nitrogens with one attached hydrogen (secondary N) is 3. The van der Waals surface area contributed by atoms with Crippen LogP contribution in [0.1, 0.15) is 25.7 Å². The van der Waals surface area contributed by atoms with Gasteiger partial charge in [-0.05, 0) is 32.2 Å². The molecule has 4 N–H and O–H groups in total. The van der Waals surface area contributed by atoms with Gasteiger partial charge in [-0.2, -0.15) is 13.5 Å². The topological polar surface area (TPSA) is 157 Å². The fraction of sp³-hybridized carbons (Fsp3) is 0.769. The van der Waals surface area contributed by atoms with Crippen molar-refractivity contribution in [2.24, 2.45) is 5.92 Å². The number of rotatable bonds is 4. The number of piperidine rings is 2. The molecular weight excluding hydrogens is 370 g/mol. The number of amides is 4. The number of hydroxylamine groups is 2. The highest BCUT2D eigenvalue weighted by molar-refractivity contribution is 7.80. The van der Waals surface area contributed by atoms with Crippen LogP contribution in [0.4, 0.5) is 4.79 Å². The predicted molar refractivity (Wildman–Crippen MR) is 85.3 cm³/mol. The summed E-state index contributed by atoms with van der Waals surface area (Å²) in [5.74, 6) is -1.10. The van der Waals surface area contributed by atoms with Gasteiger partial charge in [0.05, 0.1) is 12.0 Å². The third-order valence-electron chi connectivity index (χ3n) is 4.78. The average Bonchev–Trinajstić information content (AvgIpc) is 2.84. The molecule has 3 heterocycles. The summed E-state index contributed by atoms with van der Waals surface area (Å²) in [6, 6.07) is -2.26. The van der Waals surface area contributed by atoms with Crippen LogP contribution in [0.15, 0.2) is 0 Å². The molecular formula is C13H21N5O7S. The molecule has 0 aliphatic carbocycles. The van der Waals surface area contributed by atoms with Crippen LogP contribution >= 0.6 is 0 Å². The standard InChI is InChI=1S/C13H21N5O7S/c19-11(8-2-1-5-14-6-8)15-16-12(20)10-4-3-9-7-17(10)13(21)18(9)25-26(22,23)24/h8-10,14H,1-7H2,(H,15,19)(H,16,20)(H,22,23,24)/t8-,9?,10+/m1/s1. The van der Waals surface area contributed by atoms with E-state index in [0.29, 0.717) is 18.0 Å². The Labute approximate surface area is 150 Å². The molecule has 4 amide bonds. The number of hydrazine groups is 1. The maximum absolute atomic E-state index is 12.3. The van der Waals surface area contributed by atoms with Crippen molar-refractivity contribution < 1.29 is 31.6 Å². The summed E-state index contributed by atoms with van der Waals surface area (Å²) in [5.41, 5.74) is 4.70. The summed E-state index contributed by atoms with van der Waals surface area (Å²) in [6.45, 7) is 1.49. The second kappa shape index (κ2) is 7.34. The van der Waals surface area contributed by atoms with Crippen molar-refractivity contribution in [1.29, 1.82) is 0 Å². The van der Waals surface area contributed by atoms with Crippen LogP contribution in [-0.2, 0) is 24.3 Å². The van der Waals surface area contributed by atoms with E-state index < -0.39 is 34.4 Å². The van der Waals surface area contributed by atoms with E-state index in [1.54, 1.807) is 0 Å². The molecule has 0 radical (unpaired) electrons. The van der Waals surface area contributed by atoms with Crippen LogP contribution < -0.4 is 16.2 Å². The van der Waals surface area contributed by atoms with Crippen molar-refractivity contribution in [3.8, 4) is 0 Å². The molecule has 3 atom stereocenters. The summed E-state index contributed by atoms with van der Waals surface area (Å²) >= 11 is 0. The molecule has 1 unspecified atom stereocenters. The van der Waals surface area contributed by atoms with Gasteiger partial charge in [0, 0.05) is 13.1 Å². The van der Waals surface area contributed by atoms with Gasteiger partial charge in [0.15, 0.2) is 0 Å². The average molecular weight is 391 g/mol. The number of hydrogen-bond acceptors (Lipinski definition) is 7. The molecule has 3 rings (SSSR count). The minimum Gasteiger partial charge on any atom is -0.316 e. The van der Waals surface area contributed by atoms with E-state index in [0.717, 1.165) is 24.3 Å². The predicted octanol–water partition coefficient (Wildman–Crippen LogP) is -1.86. The molecule has 26 heavy (non-hydrogen) atoms. The van der Waals surface area contributed by atoms with Crippen LogP contribution in [0, 0.1) is 5.92 Å². The largest absolute Gasteiger partial charge is 0.418 e. The summed E-state index contributed by atoms with van der Waals surface area (Å²) in [4.78, 5) is 37.8. The SMILES string of the molecule is O=C(NNC(=O)[C@@H]1CCC2CN1C(=O)N2OS(=O)(=O)O)[C@@H]1CCCNC1. The number of carbonyl (C=O) groups excluding carboxylic acids is 3. The monoisotopic (exact) mass is 391 g/mol. The number of nitrogens with zero attached hydrogens (tertiary/aromatic N) is 2. The second-order valence-electron chi connectivity index (χ2n) is 6.53. The lowest BCUT2D eigenvalue weighted by Gasteiger charge is -2.29. The fourth-order valence-electron chi connectivity index (χ4n) is 3.49. The van der Waals surface area contributed by atoms with Gasteiger partial charge in [0.2, 0.25) is 5.91 Å². The number of urea groups is 1. The van der Waals surface area contributed by atoms with Gasteiger partial charge in [-0.1, -0.05) is 0 Å². The van der Waals surface area contributed by atoms with Crippen LogP contribution in [0.25, 0.3) is 0 Å². The molecule has 3 fully saturated rings. The molecule has 13 heteroatoms. The molecule has 12 nitrogen and oxygen atoms in total. The first-order chi connectivity index (χ1) is 12.3. The summed E-state index contributed by atoms with van der Waals surface area (Å²) in [6.07, 6.45) is 2.19. The zero-order valence-electron chi connectivity index (χ0n) is 13.9. The lowest BCUT2D eigenvalue weighted by molar-refractivity contribution is -0.133. The number of hydrogen-bond donors (Lipinski definition) is 4. The summed E-state index contributed by atoms with van der Waals surface area (Å²) < 4.78 is 34.8. The van der Waals surface area contributed by atoms with Gasteiger partial charge in [-0.25, -0.2) is 4.79 Å². The van der Waals surface area contributed by atoms with E-state index in [1.807, 2.05) is 0 Å². The zero-order chi connectivity index (χ0) is 18.9. The van der Waals surface area contributed by atoms with Crippen LogP contribution in [-0.4, -0.2) is 72.5 Å². The highest BCUT2D eigenvalue weighted by Gasteiger charge is 2.49. The second-order valence-corrected chi connectivity index (χ2v) is 7.54. The lowest BCUT2D eigenvalue weighted by atomic mass is 9.99. The van der Waals surface area contributed by atoms with E-state index in [2.05, 4.69) is 20.5 Å². The smallest absolute Gasteiger partial charge is 0.316 e. The van der Waals surface area contributed by atoms with E-state index in [1.165, 1.54) is 0 Å². The van der Waals surface area contributed by atoms with Gasteiger partial charge < -0.3 is 10.2 Å². The quantitative estimate of drug-likeness (QED) is 0.321. The Morgan fingerprint density at radius 3 is 2.58 bits per heavy atom. The number of carbonyl (C=O) groups is 3. The van der Waals surface area contributed by atoms with Crippen molar-refractivity contribution in [2.45, 2.75) is 37.8 Å². The van der Waals surface area contributed by atoms with Gasteiger partial charge in [0.25, 0.3) is 5.91 Å². The number of fused-ring (bicyclic) bond motifs is 2. The minimum atomic E-state index is -4.84. The Kier molecular flexibility index (Phi) is 5.32. The van der Waals surface area contributed by atoms with Crippen molar-refractivity contribution in [3.63, 3.8) is 0 Å². The Bertz CT molecular complexity index is 693. The highest BCUT2D eigenvalue weighted by Crippen LogP contribution is 2.30. The van der Waals surface area contributed by atoms with Gasteiger partial charge in [-0.15, -0.1) is 4.28 Å². The van der Waals surface area contributed by atoms with Crippen molar-refractivity contribution in [1.82, 2.24) is 26.1 Å². The van der Waals surface area contributed by atoms with Gasteiger partial charge >= 0.3 is 16.4 Å². The van der Waals surface area contributed by atoms with Crippen molar-refractivity contribution >= 4 is 28.2 Å². The Hall–Kier alpha value is -1.96. The Balaban J connectivity index is 1.56. The normalized spacial score (nSPS) is 28.8. The molecule has 0 aromatic rings. The summed E-state index contributed by atoms with van der Waals surface area (Å²) in [5, 5.41) is 3.67. The Morgan fingerprint density at radius 1 is 1.19 bits per heavy atom. The Morgan fingerprint density at radius 2 is 1.92 bits per heavy atom. The maximum Gasteiger partial charge on any atom is 0.418 e. The van der Waals surface area contributed by atoms with E-state index in [4.69, 9.17) is 4.55 Å². The van der Waals surface area contributed by atoms with Crippen molar-refractivity contribution in [2.75, 3.05) is 19.6 Å². The summed E-state index contributed by atoms with van der Waals surface area (Å²) in [7, 11) is -4.84. The molecule has 0 aromatic heterocycles. The molecule has 3 aliphatic heterocycles. The molecule has 3 aliphatic rings. The van der Waals surface area contributed by atoms with E-state index in [-0.39, 0.29) is 24.8 Å². The fourth-order valence-corrected chi connectivity index (χ4v) is 3.88. The molecule has 0 saturated carbocycles. The van der Waals surface area contributed by atoms with E-state index >= 15 is 0 Å². The third kappa shape index (κ3) is 4.06. The molecule has 0 spiro atoms. The maximum atomic E-state index is 12.3. The van der Waals surface area contributed by atoms with Crippen LogP contribution in [0.5, 0.6) is 0 Å². The zero-order valence-corrected chi connectivity index (χ0v) is 14.7. The highest BCUT2D eigenvalue weighted by atomic mass is 32.3. The van der Waals surface area contributed by atoms with Gasteiger partial charge in [0.1, 0.15) is 6.04 Å². The lowest BCUT2D eigenvalue weighted by Crippen LogP contribution is -2.55. The van der Waals surface area contributed by atoms with Crippen molar-refractivity contribution in [3.05, 3.63) is 0 Å². The van der Waals surface area contributed by atoms with Gasteiger partial charge in [-0.3, -0.25) is 25.0 Å².